The average molecular weight is 407 g/mol. The van der Waals surface area contributed by atoms with Gasteiger partial charge in [0, 0.05) is 25.4 Å². The van der Waals surface area contributed by atoms with E-state index in [1.807, 2.05) is 6.92 Å². The van der Waals surface area contributed by atoms with Crippen molar-refractivity contribution < 1.29 is 23.8 Å². The van der Waals surface area contributed by atoms with Crippen molar-refractivity contribution in [1.29, 1.82) is 0 Å². The Morgan fingerprint density at radius 3 is 2.57 bits per heavy atom. The Morgan fingerprint density at radius 2 is 1.93 bits per heavy atom. The first-order chi connectivity index (χ1) is 13.5. The van der Waals surface area contributed by atoms with Crippen molar-refractivity contribution >= 4 is 23.3 Å². The molecular formula is C20H23ClN2O5. The number of benzene rings is 1. The van der Waals surface area contributed by atoms with E-state index in [1.54, 1.807) is 24.4 Å². The maximum Gasteiger partial charge on any atom is 0.257 e. The Balaban J connectivity index is 2.32. The fraction of sp³-hybridized carbons (Fsp3) is 0.350. The SMILES string of the molecule is CCCNC(=O)COc1c(C(=O)Cc2ccncc2Cl)ccc(OC)c1OC. The van der Waals surface area contributed by atoms with Crippen molar-refractivity contribution in [3.63, 3.8) is 0 Å². The highest BCUT2D eigenvalue weighted by Gasteiger charge is 2.22. The summed E-state index contributed by atoms with van der Waals surface area (Å²) in [4.78, 5) is 28.8. The summed E-state index contributed by atoms with van der Waals surface area (Å²) in [6.07, 6.45) is 3.91. The molecular weight excluding hydrogens is 384 g/mol. The topological polar surface area (TPSA) is 86.8 Å². The van der Waals surface area contributed by atoms with Gasteiger partial charge in [-0.05, 0) is 30.2 Å². The zero-order valence-corrected chi connectivity index (χ0v) is 16.8. The molecule has 0 atom stereocenters. The lowest BCUT2D eigenvalue weighted by Gasteiger charge is -2.17. The van der Waals surface area contributed by atoms with Gasteiger partial charge in [0.15, 0.2) is 23.9 Å². The summed E-state index contributed by atoms with van der Waals surface area (Å²) >= 11 is 6.11. The first-order valence-corrected chi connectivity index (χ1v) is 9.15. The number of carbonyl (C=O) groups excluding carboxylic acids is 2. The molecule has 1 aromatic heterocycles. The molecule has 1 amide bonds. The number of hydrogen-bond donors (Lipinski definition) is 1. The molecule has 1 aromatic carbocycles. The minimum atomic E-state index is -0.290. The van der Waals surface area contributed by atoms with E-state index in [4.69, 9.17) is 25.8 Å². The van der Waals surface area contributed by atoms with Crippen LogP contribution in [0.5, 0.6) is 17.2 Å². The molecule has 0 bridgehead atoms. The molecule has 0 aliphatic carbocycles. The van der Waals surface area contributed by atoms with Crippen LogP contribution >= 0.6 is 11.6 Å². The molecule has 2 rings (SSSR count). The molecule has 0 saturated heterocycles. The van der Waals surface area contributed by atoms with Crippen LogP contribution in [0.1, 0.15) is 29.3 Å². The fourth-order valence-electron chi connectivity index (χ4n) is 2.53. The number of rotatable bonds is 10. The molecule has 28 heavy (non-hydrogen) atoms. The predicted molar refractivity (Wildman–Crippen MR) is 106 cm³/mol. The van der Waals surface area contributed by atoms with E-state index in [0.717, 1.165) is 6.42 Å². The number of methoxy groups -OCH3 is 2. The van der Waals surface area contributed by atoms with Crippen molar-refractivity contribution in [2.45, 2.75) is 19.8 Å². The number of aromatic nitrogens is 1. The molecule has 1 N–H and O–H groups in total. The van der Waals surface area contributed by atoms with Crippen molar-refractivity contribution in [2.75, 3.05) is 27.4 Å². The van der Waals surface area contributed by atoms with Gasteiger partial charge < -0.3 is 19.5 Å². The maximum absolute atomic E-state index is 12.9. The molecule has 1 heterocycles. The molecule has 7 nitrogen and oxygen atoms in total. The third-order valence-corrected chi connectivity index (χ3v) is 4.27. The van der Waals surface area contributed by atoms with Gasteiger partial charge >= 0.3 is 0 Å². The van der Waals surface area contributed by atoms with Gasteiger partial charge in [-0.3, -0.25) is 14.6 Å². The summed E-state index contributed by atoms with van der Waals surface area (Å²) in [7, 11) is 2.92. The normalized spacial score (nSPS) is 10.3. The number of nitrogens with zero attached hydrogens (tertiary/aromatic N) is 1. The Bertz CT molecular complexity index is 841. The van der Waals surface area contributed by atoms with Crippen molar-refractivity contribution in [2.24, 2.45) is 0 Å². The lowest BCUT2D eigenvalue weighted by molar-refractivity contribution is -0.123. The van der Waals surface area contributed by atoms with Crippen LogP contribution in [0.15, 0.2) is 30.6 Å². The number of nitrogens with one attached hydrogen (secondary N) is 1. The number of ether oxygens (including phenoxy) is 3. The van der Waals surface area contributed by atoms with Crippen LogP contribution in [-0.2, 0) is 11.2 Å². The zero-order chi connectivity index (χ0) is 20.5. The minimum Gasteiger partial charge on any atom is -0.493 e. The maximum atomic E-state index is 12.9. The third-order valence-electron chi connectivity index (χ3n) is 3.93. The summed E-state index contributed by atoms with van der Waals surface area (Å²) in [6, 6.07) is 4.88. The third kappa shape index (κ3) is 5.36. The molecule has 0 saturated carbocycles. The molecule has 0 aliphatic heterocycles. The Labute approximate surface area is 169 Å². The lowest BCUT2D eigenvalue weighted by atomic mass is 10.0. The van der Waals surface area contributed by atoms with Gasteiger partial charge in [0.1, 0.15) is 0 Å². The van der Waals surface area contributed by atoms with Crippen LogP contribution in [0.2, 0.25) is 5.02 Å². The van der Waals surface area contributed by atoms with Crippen molar-refractivity contribution in [1.82, 2.24) is 10.3 Å². The summed E-state index contributed by atoms with van der Waals surface area (Å²) in [6.45, 7) is 2.25. The second-order valence-electron chi connectivity index (χ2n) is 5.88. The number of Topliss-reactive ketones (excluding diaryl/α,β-unsaturated/α-hetero) is 1. The van der Waals surface area contributed by atoms with E-state index in [2.05, 4.69) is 10.3 Å². The summed E-state index contributed by atoms with van der Waals surface area (Å²) in [5.41, 5.74) is 0.914. The molecule has 0 radical (unpaired) electrons. The van der Waals surface area contributed by atoms with E-state index in [1.165, 1.54) is 20.4 Å². The number of amides is 1. The van der Waals surface area contributed by atoms with Gasteiger partial charge in [-0.15, -0.1) is 0 Å². The zero-order valence-electron chi connectivity index (χ0n) is 16.1. The lowest BCUT2D eigenvalue weighted by Crippen LogP contribution is -2.29. The second kappa shape index (κ2) is 10.5. The summed E-state index contributed by atoms with van der Waals surface area (Å²) in [5, 5.41) is 3.12. The van der Waals surface area contributed by atoms with E-state index in [9.17, 15) is 9.59 Å². The van der Waals surface area contributed by atoms with Crippen LogP contribution < -0.4 is 19.5 Å². The van der Waals surface area contributed by atoms with Crippen molar-refractivity contribution in [3.05, 3.63) is 46.7 Å². The number of halogens is 1. The van der Waals surface area contributed by atoms with Gasteiger partial charge in [-0.25, -0.2) is 0 Å². The monoisotopic (exact) mass is 406 g/mol. The van der Waals surface area contributed by atoms with Gasteiger partial charge in [0.05, 0.1) is 24.8 Å². The predicted octanol–water partition coefficient (Wildman–Crippen LogP) is 3.08. The summed E-state index contributed by atoms with van der Waals surface area (Å²) in [5.74, 6) is 0.270. The number of ketones is 1. The number of hydrogen-bond acceptors (Lipinski definition) is 6. The molecule has 0 aliphatic rings. The first-order valence-electron chi connectivity index (χ1n) is 8.77. The van der Waals surface area contributed by atoms with Crippen molar-refractivity contribution in [3.8, 4) is 17.2 Å². The van der Waals surface area contributed by atoms with E-state index >= 15 is 0 Å². The van der Waals surface area contributed by atoms with Crippen LogP contribution in [-0.4, -0.2) is 44.0 Å². The standard InChI is InChI=1S/C20H23ClN2O5/c1-4-8-23-18(25)12-28-19-14(5-6-17(26-2)20(19)27-3)16(24)10-13-7-9-22-11-15(13)21/h5-7,9,11H,4,8,10,12H2,1-3H3,(H,23,25). The van der Waals surface area contributed by atoms with Crippen LogP contribution in [0.3, 0.4) is 0 Å². The fourth-order valence-corrected chi connectivity index (χ4v) is 2.72. The van der Waals surface area contributed by atoms with Gasteiger partial charge in [0.2, 0.25) is 5.75 Å². The van der Waals surface area contributed by atoms with Crippen LogP contribution in [0.25, 0.3) is 0 Å². The second-order valence-corrected chi connectivity index (χ2v) is 6.29. The average Bonchev–Trinajstić information content (AvgIpc) is 2.71. The highest BCUT2D eigenvalue weighted by Crippen LogP contribution is 2.40. The van der Waals surface area contributed by atoms with Gasteiger partial charge in [0.25, 0.3) is 5.91 Å². The Kier molecular flexibility index (Phi) is 8.07. The smallest absolute Gasteiger partial charge is 0.257 e. The highest BCUT2D eigenvalue weighted by molar-refractivity contribution is 6.31. The number of carbonyl (C=O) groups is 2. The molecule has 0 fully saturated rings. The molecule has 0 spiro atoms. The largest absolute Gasteiger partial charge is 0.493 e. The van der Waals surface area contributed by atoms with Crippen LogP contribution in [0, 0.1) is 0 Å². The van der Waals surface area contributed by atoms with Crippen LogP contribution in [0.4, 0.5) is 0 Å². The summed E-state index contributed by atoms with van der Waals surface area (Å²) < 4.78 is 16.3. The van der Waals surface area contributed by atoms with Gasteiger partial charge in [-0.1, -0.05) is 18.5 Å². The van der Waals surface area contributed by atoms with E-state index in [0.29, 0.717) is 22.9 Å². The van der Waals surface area contributed by atoms with E-state index in [-0.39, 0.29) is 41.8 Å². The molecule has 8 heteroatoms. The number of pyridine rings is 1. The Hall–Kier alpha value is -2.80. The molecule has 0 unspecified atom stereocenters. The van der Waals surface area contributed by atoms with Gasteiger partial charge in [-0.2, -0.15) is 0 Å². The minimum absolute atomic E-state index is 0.0508. The molecule has 2 aromatic rings. The molecule has 150 valence electrons. The quantitative estimate of drug-likeness (QED) is 0.610. The first kappa shape index (κ1) is 21.5. The Morgan fingerprint density at radius 1 is 1.14 bits per heavy atom. The van der Waals surface area contributed by atoms with E-state index < -0.39 is 0 Å². The highest BCUT2D eigenvalue weighted by atomic mass is 35.5.